The number of nitrogens with zero attached hydrogens (tertiary/aromatic N) is 1. The monoisotopic (exact) mass is 316 g/mol. The van der Waals surface area contributed by atoms with Crippen molar-refractivity contribution in [1.82, 2.24) is 5.43 Å². The first kappa shape index (κ1) is 12.2. The molecule has 3 nitrogen and oxygen atoms in total. The third-order valence-electron chi connectivity index (χ3n) is 3.22. The van der Waals surface area contributed by atoms with Gasteiger partial charge in [-0.3, -0.25) is 0 Å². The van der Waals surface area contributed by atoms with Gasteiger partial charge in [0.1, 0.15) is 5.75 Å². The van der Waals surface area contributed by atoms with Crippen molar-refractivity contribution < 1.29 is 5.11 Å². The van der Waals surface area contributed by atoms with Crippen LogP contribution in [0.1, 0.15) is 23.6 Å². The van der Waals surface area contributed by atoms with Gasteiger partial charge in [-0.2, -0.15) is 5.10 Å². The van der Waals surface area contributed by atoms with Gasteiger partial charge in [-0.25, -0.2) is 0 Å². The molecule has 0 aromatic heterocycles. The molecule has 2 aromatic rings. The number of phenolic OH excluding ortho intramolecular Hbond substituents is 1. The summed E-state index contributed by atoms with van der Waals surface area (Å²) in [7, 11) is 0. The first-order valence-electron chi connectivity index (χ1n) is 6.10. The SMILES string of the molecule is Oc1ccc(Br)cc1C1CC(c2ccccc2)=NN1. The highest BCUT2D eigenvalue weighted by Gasteiger charge is 2.23. The van der Waals surface area contributed by atoms with Crippen LogP contribution in [0.5, 0.6) is 5.75 Å². The average molecular weight is 317 g/mol. The van der Waals surface area contributed by atoms with Gasteiger partial charge in [-0.15, -0.1) is 0 Å². The molecular formula is C15H13BrN2O. The van der Waals surface area contributed by atoms with Gasteiger partial charge in [-0.1, -0.05) is 46.3 Å². The lowest BCUT2D eigenvalue weighted by Gasteiger charge is -2.12. The smallest absolute Gasteiger partial charge is 0.120 e. The number of rotatable bonds is 2. The number of halogens is 1. The number of hydrazone groups is 1. The minimum absolute atomic E-state index is 0.0210. The highest BCUT2D eigenvalue weighted by molar-refractivity contribution is 9.10. The van der Waals surface area contributed by atoms with Crippen molar-refractivity contribution in [3.63, 3.8) is 0 Å². The van der Waals surface area contributed by atoms with Crippen LogP contribution < -0.4 is 5.43 Å². The van der Waals surface area contributed by atoms with E-state index in [1.54, 1.807) is 6.07 Å². The molecule has 0 radical (unpaired) electrons. The molecule has 2 aromatic carbocycles. The maximum Gasteiger partial charge on any atom is 0.120 e. The standard InChI is InChI=1S/C15H13BrN2O/c16-11-6-7-15(19)12(8-11)14-9-13(17-18-14)10-4-2-1-3-5-10/h1-8,14,18-19H,9H2. The molecule has 3 rings (SSSR count). The van der Waals surface area contributed by atoms with Crippen LogP contribution in [0.3, 0.4) is 0 Å². The third-order valence-corrected chi connectivity index (χ3v) is 3.72. The van der Waals surface area contributed by atoms with Gasteiger partial charge in [0, 0.05) is 16.5 Å². The van der Waals surface area contributed by atoms with Gasteiger partial charge >= 0.3 is 0 Å². The van der Waals surface area contributed by atoms with Crippen LogP contribution in [0.15, 0.2) is 58.1 Å². The molecule has 0 saturated carbocycles. The quantitative estimate of drug-likeness (QED) is 0.889. The Kier molecular flexibility index (Phi) is 3.25. The van der Waals surface area contributed by atoms with Gasteiger partial charge in [0.15, 0.2) is 0 Å². The molecule has 0 aliphatic carbocycles. The average Bonchev–Trinajstić information content (AvgIpc) is 2.92. The summed E-state index contributed by atoms with van der Waals surface area (Å²) >= 11 is 3.43. The highest BCUT2D eigenvalue weighted by Crippen LogP contribution is 2.32. The lowest BCUT2D eigenvalue weighted by molar-refractivity contribution is 0.455. The number of aromatic hydroxyl groups is 1. The van der Waals surface area contributed by atoms with Crippen LogP contribution >= 0.6 is 15.9 Å². The second-order valence-corrected chi connectivity index (χ2v) is 5.43. The minimum Gasteiger partial charge on any atom is -0.508 e. The van der Waals surface area contributed by atoms with E-state index >= 15 is 0 Å². The van der Waals surface area contributed by atoms with E-state index in [1.165, 1.54) is 0 Å². The summed E-state index contributed by atoms with van der Waals surface area (Å²) in [5.41, 5.74) is 6.10. The van der Waals surface area contributed by atoms with E-state index in [-0.39, 0.29) is 6.04 Å². The van der Waals surface area contributed by atoms with E-state index < -0.39 is 0 Å². The summed E-state index contributed by atoms with van der Waals surface area (Å²) in [6.07, 6.45) is 0.772. The predicted octanol–water partition coefficient (Wildman–Crippen LogP) is 3.59. The summed E-state index contributed by atoms with van der Waals surface area (Å²) in [5, 5.41) is 14.3. The maximum absolute atomic E-state index is 9.94. The second kappa shape index (κ2) is 5.05. The van der Waals surface area contributed by atoms with Crippen LogP contribution in [0.2, 0.25) is 0 Å². The fraction of sp³-hybridized carbons (Fsp3) is 0.133. The number of nitrogens with one attached hydrogen (secondary N) is 1. The van der Waals surface area contributed by atoms with Crippen molar-refractivity contribution in [1.29, 1.82) is 0 Å². The van der Waals surface area contributed by atoms with Crippen molar-refractivity contribution in [2.24, 2.45) is 5.10 Å². The van der Waals surface area contributed by atoms with Crippen molar-refractivity contribution >= 4 is 21.6 Å². The van der Waals surface area contributed by atoms with E-state index in [0.29, 0.717) is 5.75 Å². The third kappa shape index (κ3) is 2.49. The molecule has 1 aliphatic heterocycles. The number of phenols is 1. The number of hydrogen-bond donors (Lipinski definition) is 2. The molecule has 4 heteroatoms. The molecule has 96 valence electrons. The second-order valence-electron chi connectivity index (χ2n) is 4.51. The fourth-order valence-corrected chi connectivity index (χ4v) is 2.62. The Morgan fingerprint density at radius 3 is 2.74 bits per heavy atom. The Hall–Kier alpha value is -1.81. The zero-order chi connectivity index (χ0) is 13.2. The van der Waals surface area contributed by atoms with Crippen LogP contribution in [-0.2, 0) is 0 Å². The zero-order valence-electron chi connectivity index (χ0n) is 10.2. The molecule has 1 heterocycles. The Balaban J connectivity index is 1.83. The predicted molar refractivity (Wildman–Crippen MR) is 79.3 cm³/mol. The minimum atomic E-state index is 0.0210. The van der Waals surface area contributed by atoms with Crippen molar-refractivity contribution in [2.45, 2.75) is 12.5 Å². The molecule has 0 saturated heterocycles. The van der Waals surface area contributed by atoms with Gasteiger partial charge in [-0.05, 0) is 23.8 Å². The summed E-state index contributed by atoms with van der Waals surface area (Å²) in [4.78, 5) is 0. The summed E-state index contributed by atoms with van der Waals surface area (Å²) in [5.74, 6) is 0.296. The van der Waals surface area contributed by atoms with E-state index in [2.05, 4.69) is 26.5 Å². The van der Waals surface area contributed by atoms with Crippen molar-refractivity contribution in [3.8, 4) is 5.75 Å². The Bertz CT molecular complexity index is 625. The van der Waals surface area contributed by atoms with Crippen LogP contribution in [0, 0.1) is 0 Å². The molecule has 1 atom stereocenters. The molecule has 1 aliphatic rings. The summed E-state index contributed by atoms with van der Waals surface area (Å²) in [6, 6.07) is 15.6. The van der Waals surface area contributed by atoms with Gasteiger partial charge in [0.25, 0.3) is 0 Å². The van der Waals surface area contributed by atoms with Gasteiger partial charge < -0.3 is 10.5 Å². The van der Waals surface area contributed by atoms with E-state index in [0.717, 1.165) is 27.7 Å². The van der Waals surface area contributed by atoms with Gasteiger partial charge in [0.05, 0.1) is 11.8 Å². The molecular weight excluding hydrogens is 304 g/mol. The van der Waals surface area contributed by atoms with Crippen LogP contribution in [-0.4, -0.2) is 10.8 Å². The lowest BCUT2D eigenvalue weighted by Crippen LogP contribution is -2.10. The molecule has 0 bridgehead atoms. The molecule has 19 heavy (non-hydrogen) atoms. The Labute approximate surface area is 120 Å². The molecule has 0 amide bonds. The maximum atomic E-state index is 9.94. The normalized spacial score (nSPS) is 17.9. The molecule has 0 fully saturated rings. The first-order chi connectivity index (χ1) is 9.24. The fourth-order valence-electron chi connectivity index (χ4n) is 2.24. The van der Waals surface area contributed by atoms with Crippen molar-refractivity contribution in [2.75, 3.05) is 0 Å². The van der Waals surface area contributed by atoms with E-state index in [1.807, 2.05) is 42.5 Å². The van der Waals surface area contributed by atoms with E-state index in [9.17, 15) is 5.11 Å². The molecule has 0 spiro atoms. The molecule has 2 N–H and O–H groups in total. The largest absolute Gasteiger partial charge is 0.508 e. The summed E-state index contributed by atoms with van der Waals surface area (Å²) in [6.45, 7) is 0. The van der Waals surface area contributed by atoms with Gasteiger partial charge in [0.2, 0.25) is 0 Å². The Morgan fingerprint density at radius 2 is 1.95 bits per heavy atom. The Morgan fingerprint density at radius 1 is 1.16 bits per heavy atom. The topological polar surface area (TPSA) is 44.6 Å². The summed E-state index contributed by atoms with van der Waals surface area (Å²) < 4.78 is 0.954. The van der Waals surface area contributed by atoms with Crippen LogP contribution in [0.25, 0.3) is 0 Å². The first-order valence-corrected chi connectivity index (χ1v) is 6.89. The lowest BCUT2D eigenvalue weighted by atomic mass is 9.98. The number of hydrogen-bond acceptors (Lipinski definition) is 3. The molecule has 1 unspecified atom stereocenters. The van der Waals surface area contributed by atoms with Crippen LogP contribution in [0.4, 0.5) is 0 Å². The zero-order valence-corrected chi connectivity index (χ0v) is 11.8. The number of benzene rings is 2. The van der Waals surface area contributed by atoms with Crippen molar-refractivity contribution in [3.05, 3.63) is 64.1 Å². The van der Waals surface area contributed by atoms with E-state index in [4.69, 9.17) is 0 Å². The highest BCUT2D eigenvalue weighted by atomic mass is 79.9.